The summed E-state index contributed by atoms with van der Waals surface area (Å²) in [5, 5.41) is 3.40. The maximum Gasteiger partial charge on any atom is 0.0906 e. The van der Waals surface area contributed by atoms with E-state index < -0.39 is 0 Å². The summed E-state index contributed by atoms with van der Waals surface area (Å²) in [6.07, 6.45) is 9.57. The Morgan fingerprint density at radius 3 is 1.81 bits per heavy atom. The average Bonchev–Trinajstić information content (AvgIpc) is 2.81. The van der Waals surface area contributed by atoms with Gasteiger partial charge in [0.25, 0.3) is 0 Å². The molecule has 0 aliphatic carbocycles. The number of pyridine rings is 4. The van der Waals surface area contributed by atoms with Gasteiger partial charge >= 0.3 is 0 Å². The molecule has 0 bridgehead atoms. The number of unbranched alkanes of at least 4 members (excludes halogenated alkanes) is 1. The number of hydrogen-bond acceptors (Lipinski definition) is 5. The maximum absolute atomic E-state index is 4.38. The molecule has 0 atom stereocenters. The van der Waals surface area contributed by atoms with Crippen molar-refractivity contribution in [3.05, 3.63) is 91.0 Å². The van der Waals surface area contributed by atoms with Crippen molar-refractivity contribution in [3.8, 4) is 22.8 Å². The molecule has 0 radical (unpaired) electrons. The van der Waals surface area contributed by atoms with E-state index in [1.807, 2.05) is 60.9 Å². The molecule has 160 valence electrons. The second-order valence-electron chi connectivity index (χ2n) is 6.86. The van der Waals surface area contributed by atoms with Crippen molar-refractivity contribution in [2.24, 2.45) is 0 Å². The van der Waals surface area contributed by atoms with Crippen molar-refractivity contribution in [2.75, 3.05) is 11.9 Å². The normalized spacial score (nSPS) is 9.74. The molecule has 0 saturated carbocycles. The van der Waals surface area contributed by atoms with Crippen LogP contribution in [0.2, 0.25) is 0 Å². The van der Waals surface area contributed by atoms with Crippen LogP contribution in [0.5, 0.6) is 0 Å². The van der Waals surface area contributed by atoms with E-state index in [2.05, 4.69) is 51.2 Å². The summed E-state index contributed by atoms with van der Waals surface area (Å²) < 4.78 is 0. The van der Waals surface area contributed by atoms with Crippen LogP contribution in [0.1, 0.15) is 25.3 Å². The predicted molar refractivity (Wildman–Crippen MR) is 123 cm³/mol. The molecule has 4 aromatic heterocycles. The van der Waals surface area contributed by atoms with Gasteiger partial charge in [0.05, 0.1) is 22.8 Å². The van der Waals surface area contributed by atoms with Crippen molar-refractivity contribution in [1.82, 2.24) is 19.9 Å². The maximum atomic E-state index is 4.38. The Bertz CT molecular complexity index is 989. The molecule has 31 heavy (non-hydrogen) atoms. The predicted octanol–water partition coefficient (Wildman–Crippen LogP) is 5.81. The van der Waals surface area contributed by atoms with Crippen molar-refractivity contribution in [2.45, 2.75) is 26.7 Å². The van der Waals surface area contributed by atoms with E-state index in [-0.39, 0.29) is 19.5 Å². The third-order valence-corrected chi connectivity index (χ3v) is 4.39. The van der Waals surface area contributed by atoms with Crippen LogP contribution in [0.4, 0.5) is 5.69 Å². The van der Waals surface area contributed by atoms with Crippen LogP contribution >= 0.6 is 0 Å². The Kier molecular flexibility index (Phi) is 10.5. The zero-order chi connectivity index (χ0) is 21.0. The largest absolute Gasteiger partial charge is 0.385 e. The van der Waals surface area contributed by atoms with Crippen LogP contribution in [0.15, 0.2) is 85.5 Å². The zero-order valence-corrected chi connectivity index (χ0v) is 19.6. The minimum Gasteiger partial charge on any atom is -0.385 e. The van der Waals surface area contributed by atoms with Gasteiger partial charge in [-0.2, -0.15) is 0 Å². The van der Waals surface area contributed by atoms with Crippen LogP contribution in [-0.4, -0.2) is 26.5 Å². The third kappa shape index (κ3) is 7.99. The van der Waals surface area contributed by atoms with Crippen molar-refractivity contribution in [3.63, 3.8) is 0 Å². The van der Waals surface area contributed by atoms with E-state index in [0.29, 0.717) is 0 Å². The Morgan fingerprint density at radius 1 is 0.677 bits per heavy atom. The zero-order valence-electron chi connectivity index (χ0n) is 17.8. The number of rotatable bonds is 6. The van der Waals surface area contributed by atoms with Crippen molar-refractivity contribution >= 4 is 5.69 Å². The fraction of sp³-hybridized carbons (Fsp3) is 0.200. The van der Waals surface area contributed by atoms with Gasteiger partial charge in [0, 0.05) is 56.5 Å². The second kappa shape index (κ2) is 13.4. The van der Waals surface area contributed by atoms with Crippen LogP contribution in [0.3, 0.4) is 0 Å². The molecule has 0 amide bonds. The molecule has 6 heteroatoms. The summed E-state index contributed by atoms with van der Waals surface area (Å²) >= 11 is 0. The van der Waals surface area contributed by atoms with E-state index in [4.69, 9.17) is 0 Å². The van der Waals surface area contributed by atoms with E-state index in [1.165, 1.54) is 18.4 Å². The Hall–Kier alpha value is -2.98. The molecule has 0 aliphatic heterocycles. The summed E-state index contributed by atoms with van der Waals surface area (Å²) in [5.41, 5.74) is 5.98. The van der Waals surface area contributed by atoms with Gasteiger partial charge < -0.3 is 5.32 Å². The first-order chi connectivity index (χ1) is 14.8. The molecular weight excluding hydrogens is 471 g/mol. The molecule has 0 saturated heterocycles. The van der Waals surface area contributed by atoms with Gasteiger partial charge in [-0.25, -0.2) is 0 Å². The topological polar surface area (TPSA) is 63.6 Å². The SMILES string of the molecule is CCCCNc1ccnc(-c2cc(C)ccn2)c1.[Ru].c1ccc(-c2ccccn2)nc1. The molecule has 0 aromatic carbocycles. The number of hydrogen-bond donors (Lipinski definition) is 1. The van der Waals surface area contributed by atoms with Crippen LogP contribution < -0.4 is 5.32 Å². The number of nitrogens with zero attached hydrogens (tertiary/aromatic N) is 4. The van der Waals surface area contributed by atoms with Crippen LogP contribution in [-0.2, 0) is 19.5 Å². The minimum atomic E-state index is 0. The molecule has 4 heterocycles. The van der Waals surface area contributed by atoms with Gasteiger partial charge in [-0.1, -0.05) is 25.5 Å². The molecule has 5 nitrogen and oxygen atoms in total. The van der Waals surface area contributed by atoms with E-state index >= 15 is 0 Å². The number of aromatic nitrogens is 4. The van der Waals surface area contributed by atoms with Gasteiger partial charge in [-0.3, -0.25) is 19.9 Å². The summed E-state index contributed by atoms with van der Waals surface area (Å²) in [5.74, 6) is 0. The molecule has 0 spiro atoms. The first-order valence-electron chi connectivity index (χ1n) is 10.2. The standard InChI is InChI=1S/C15H19N3.C10H8N2.Ru/c1-3-4-7-16-13-6-9-18-15(11-13)14-10-12(2)5-8-17-14;1-3-7-11-9(5-1)10-6-2-4-8-12-10;/h5-6,8-11H,3-4,7H2,1-2H3,(H,16,18);1-8H;. The van der Waals surface area contributed by atoms with E-state index in [0.717, 1.165) is 35.0 Å². The molecule has 4 rings (SSSR count). The molecular formula is C25H27N5Ru. The average molecular weight is 499 g/mol. The summed E-state index contributed by atoms with van der Waals surface area (Å²) in [7, 11) is 0. The first-order valence-corrected chi connectivity index (χ1v) is 10.2. The summed E-state index contributed by atoms with van der Waals surface area (Å²) in [6.45, 7) is 5.26. The van der Waals surface area contributed by atoms with Gasteiger partial charge in [-0.15, -0.1) is 0 Å². The summed E-state index contributed by atoms with van der Waals surface area (Å²) in [6, 6.07) is 19.7. The molecule has 4 aromatic rings. The van der Waals surface area contributed by atoms with Gasteiger partial charge in [-0.05, 0) is 67.4 Å². The van der Waals surface area contributed by atoms with E-state index in [9.17, 15) is 0 Å². The van der Waals surface area contributed by atoms with Gasteiger partial charge in [0.15, 0.2) is 0 Å². The van der Waals surface area contributed by atoms with Crippen molar-refractivity contribution in [1.29, 1.82) is 0 Å². The number of nitrogens with one attached hydrogen (secondary N) is 1. The van der Waals surface area contributed by atoms with Gasteiger partial charge in [0.1, 0.15) is 0 Å². The Morgan fingerprint density at radius 2 is 1.26 bits per heavy atom. The van der Waals surface area contributed by atoms with Crippen LogP contribution in [0.25, 0.3) is 22.8 Å². The molecule has 0 fully saturated rings. The fourth-order valence-electron chi connectivity index (χ4n) is 2.79. The number of aryl methyl sites for hydroxylation is 1. The molecule has 0 aliphatic rings. The first kappa shape index (κ1) is 24.3. The fourth-order valence-corrected chi connectivity index (χ4v) is 2.79. The van der Waals surface area contributed by atoms with E-state index in [1.54, 1.807) is 12.4 Å². The second-order valence-corrected chi connectivity index (χ2v) is 6.86. The summed E-state index contributed by atoms with van der Waals surface area (Å²) in [4.78, 5) is 17.1. The number of anilines is 1. The smallest absolute Gasteiger partial charge is 0.0906 e. The molecule has 0 unspecified atom stereocenters. The molecule has 1 N–H and O–H groups in total. The van der Waals surface area contributed by atoms with Crippen molar-refractivity contribution < 1.29 is 19.5 Å². The Balaban J connectivity index is 0.000000229. The third-order valence-electron chi connectivity index (χ3n) is 4.39. The van der Waals surface area contributed by atoms with Gasteiger partial charge in [0.2, 0.25) is 0 Å². The monoisotopic (exact) mass is 499 g/mol. The minimum absolute atomic E-state index is 0. The quantitative estimate of drug-likeness (QED) is 0.269. The Labute approximate surface area is 197 Å². The van der Waals surface area contributed by atoms with Crippen LogP contribution in [0, 0.1) is 6.92 Å².